The van der Waals surface area contributed by atoms with Crippen LogP contribution < -0.4 is 16.4 Å². The van der Waals surface area contributed by atoms with Crippen molar-refractivity contribution in [3.05, 3.63) is 12.2 Å². The van der Waals surface area contributed by atoms with Crippen LogP contribution in [0.5, 0.6) is 0 Å². The molecule has 0 radical (unpaired) electrons. The summed E-state index contributed by atoms with van der Waals surface area (Å²) in [6.07, 6.45) is 4.74. The Morgan fingerprint density at radius 3 is 2.87 bits per heavy atom. The van der Waals surface area contributed by atoms with Gasteiger partial charge in [0.25, 0.3) is 0 Å². The van der Waals surface area contributed by atoms with Crippen molar-refractivity contribution in [1.29, 1.82) is 0 Å². The Labute approximate surface area is 88.1 Å². The first-order chi connectivity index (χ1) is 7.15. The number of amides is 2. The van der Waals surface area contributed by atoms with Crippen molar-refractivity contribution in [3.63, 3.8) is 0 Å². The third-order valence-electron chi connectivity index (χ3n) is 2.78. The average Bonchev–Trinajstić information content (AvgIpc) is 2.75. The van der Waals surface area contributed by atoms with Gasteiger partial charge in [0.05, 0.1) is 12.0 Å². The number of hydrogen-bond acceptors (Lipinski definition) is 3. The van der Waals surface area contributed by atoms with E-state index in [4.69, 9.17) is 5.73 Å². The average molecular weight is 209 g/mol. The van der Waals surface area contributed by atoms with E-state index in [1.807, 2.05) is 12.2 Å². The second-order valence-electron chi connectivity index (χ2n) is 4.10. The van der Waals surface area contributed by atoms with Crippen molar-refractivity contribution < 1.29 is 9.59 Å². The second kappa shape index (κ2) is 4.02. The van der Waals surface area contributed by atoms with Crippen LogP contribution in [0.1, 0.15) is 12.8 Å². The highest BCUT2D eigenvalue weighted by Crippen LogP contribution is 2.16. The molecule has 1 aliphatic heterocycles. The lowest BCUT2D eigenvalue weighted by Gasteiger charge is -2.14. The van der Waals surface area contributed by atoms with Gasteiger partial charge >= 0.3 is 0 Å². The smallest absolute Gasteiger partial charge is 0.227 e. The maximum Gasteiger partial charge on any atom is 0.227 e. The summed E-state index contributed by atoms with van der Waals surface area (Å²) in [5, 5.41) is 5.52. The minimum atomic E-state index is -0.129. The molecule has 82 valence electrons. The van der Waals surface area contributed by atoms with Crippen LogP contribution in [-0.2, 0) is 9.59 Å². The van der Waals surface area contributed by atoms with E-state index in [9.17, 15) is 9.59 Å². The molecule has 1 aliphatic carbocycles. The Morgan fingerprint density at radius 1 is 1.53 bits per heavy atom. The molecule has 2 rings (SSSR count). The monoisotopic (exact) mass is 209 g/mol. The maximum absolute atomic E-state index is 11.7. The van der Waals surface area contributed by atoms with Crippen LogP contribution >= 0.6 is 0 Å². The van der Waals surface area contributed by atoms with Gasteiger partial charge in [0.1, 0.15) is 0 Å². The number of carbonyl (C=O) groups is 2. The standard InChI is InChI=1S/C10H15N3O2/c11-7-2-1-6(3-7)10(15)13-8-4-9(14)12-5-8/h1-2,6-8H,3-5,11H2,(H,12,14)(H,13,15). The molecule has 0 saturated carbocycles. The molecule has 0 spiro atoms. The van der Waals surface area contributed by atoms with E-state index >= 15 is 0 Å². The number of carbonyl (C=O) groups excluding carboxylic acids is 2. The fraction of sp³-hybridized carbons (Fsp3) is 0.600. The van der Waals surface area contributed by atoms with E-state index in [0.29, 0.717) is 19.4 Å². The Morgan fingerprint density at radius 2 is 2.33 bits per heavy atom. The molecule has 5 heteroatoms. The van der Waals surface area contributed by atoms with Gasteiger partial charge in [0.15, 0.2) is 0 Å². The molecule has 4 N–H and O–H groups in total. The summed E-state index contributed by atoms with van der Waals surface area (Å²) in [7, 11) is 0. The largest absolute Gasteiger partial charge is 0.354 e. The Bertz CT molecular complexity index is 314. The first-order valence-corrected chi connectivity index (χ1v) is 5.16. The van der Waals surface area contributed by atoms with Gasteiger partial charge in [-0.2, -0.15) is 0 Å². The maximum atomic E-state index is 11.7. The van der Waals surface area contributed by atoms with Crippen LogP contribution in [0.25, 0.3) is 0 Å². The highest BCUT2D eigenvalue weighted by molar-refractivity contribution is 5.84. The van der Waals surface area contributed by atoms with Crippen molar-refractivity contribution >= 4 is 11.8 Å². The molecular weight excluding hydrogens is 194 g/mol. The molecule has 0 bridgehead atoms. The summed E-state index contributed by atoms with van der Waals surface area (Å²) >= 11 is 0. The molecular formula is C10H15N3O2. The predicted octanol–water partition coefficient (Wildman–Crippen LogP) is -1.11. The lowest BCUT2D eigenvalue weighted by molar-refractivity contribution is -0.124. The molecule has 2 aliphatic rings. The third-order valence-corrected chi connectivity index (χ3v) is 2.78. The first kappa shape index (κ1) is 10.2. The van der Waals surface area contributed by atoms with E-state index in [-0.39, 0.29) is 29.8 Å². The highest BCUT2D eigenvalue weighted by Gasteiger charge is 2.27. The van der Waals surface area contributed by atoms with Gasteiger partial charge < -0.3 is 16.4 Å². The Balaban J connectivity index is 1.82. The summed E-state index contributed by atoms with van der Waals surface area (Å²) < 4.78 is 0. The summed E-state index contributed by atoms with van der Waals surface area (Å²) in [5.41, 5.74) is 5.66. The van der Waals surface area contributed by atoms with Crippen molar-refractivity contribution in [1.82, 2.24) is 10.6 Å². The summed E-state index contributed by atoms with van der Waals surface area (Å²) in [5.74, 6) is -0.157. The minimum Gasteiger partial charge on any atom is -0.354 e. The van der Waals surface area contributed by atoms with E-state index in [1.54, 1.807) is 0 Å². The predicted molar refractivity (Wildman–Crippen MR) is 54.8 cm³/mol. The lowest BCUT2D eigenvalue weighted by Crippen LogP contribution is -2.39. The van der Waals surface area contributed by atoms with Crippen molar-refractivity contribution in [2.24, 2.45) is 11.7 Å². The normalized spacial score (nSPS) is 34.2. The zero-order valence-corrected chi connectivity index (χ0v) is 8.40. The van der Waals surface area contributed by atoms with E-state index in [0.717, 1.165) is 0 Å². The number of rotatable bonds is 2. The van der Waals surface area contributed by atoms with Gasteiger partial charge in [0, 0.05) is 19.0 Å². The summed E-state index contributed by atoms with van der Waals surface area (Å²) in [6.45, 7) is 0.535. The quantitative estimate of drug-likeness (QED) is 0.504. The number of nitrogens with two attached hydrogens (primary N) is 1. The molecule has 3 unspecified atom stereocenters. The lowest BCUT2D eigenvalue weighted by atomic mass is 10.1. The molecule has 0 aromatic rings. The van der Waals surface area contributed by atoms with Crippen molar-refractivity contribution in [3.8, 4) is 0 Å². The van der Waals surface area contributed by atoms with Crippen LogP contribution in [0.4, 0.5) is 0 Å². The van der Waals surface area contributed by atoms with Gasteiger partial charge in [-0.15, -0.1) is 0 Å². The Hall–Kier alpha value is -1.36. The summed E-state index contributed by atoms with van der Waals surface area (Å²) in [6, 6.07) is -0.0701. The van der Waals surface area contributed by atoms with E-state index in [1.165, 1.54) is 0 Å². The van der Waals surface area contributed by atoms with Crippen LogP contribution in [-0.4, -0.2) is 30.4 Å². The molecule has 3 atom stereocenters. The zero-order valence-electron chi connectivity index (χ0n) is 8.40. The van der Waals surface area contributed by atoms with Gasteiger partial charge in [-0.05, 0) is 6.42 Å². The number of hydrogen-bond donors (Lipinski definition) is 3. The Kier molecular flexibility index (Phi) is 2.73. The van der Waals surface area contributed by atoms with Crippen molar-refractivity contribution in [2.75, 3.05) is 6.54 Å². The first-order valence-electron chi connectivity index (χ1n) is 5.16. The topological polar surface area (TPSA) is 84.2 Å². The van der Waals surface area contributed by atoms with Gasteiger partial charge in [-0.1, -0.05) is 12.2 Å². The van der Waals surface area contributed by atoms with Crippen molar-refractivity contribution in [2.45, 2.75) is 24.9 Å². The van der Waals surface area contributed by atoms with Crippen LogP contribution in [0, 0.1) is 5.92 Å². The fourth-order valence-corrected chi connectivity index (χ4v) is 1.94. The zero-order chi connectivity index (χ0) is 10.8. The molecule has 1 saturated heterocycles. The highest BCUT2D eigenvalue weighted by atomic mass is 16.2. The van der Waals surface area contributed by atoms with E-state index < -0.39 is 0 Å². The fourth-order valence-electron chi connectivity index (χ4n) is 1.94. The molecule has 1 heterocycles. The molecule has 15 heavy (non-hydrogen) atoms. The summed E-state index contributed by atoms with van der Waals surface area (Å²) in [4.78, 5) is 22.6. The van der Waals surface area contributed by atoms with Gasteiger partial charge in [0.2, 0.25) is 11.8 Å². The number of nitrogens with one attached hydrogen (secondary N) is 2. The van der Waals surface area contributed by atoms with Gasteiger partial charge in [-0.25, -0.2) is 0 Å². The SMILES string of the molecule is NC1C=CC(C(=O)NC2CNC(=O)C2)C1. The minimum absolute atomic E-state index is 0.000958. The molecule has 0 aromatic heterocycles. The van der Waals surface area contributed by atoms with E-state index in [2.05, 4.69) is 10.6 Å². The molecule has 0 aromatic carbocycles. The van der Waals surface area contributed by atoms with Crippen LogP contribution in [0.3, 0.4) is 0 Å². The molecule has 5 nitrogen and oxygen atoms in total. The van der Waals surface area contributed by atoms with Crippen LogP contribution in [0.15, 0.2) is 12.2 Å². The van der Waals surface area contributed by atoms with Crippen LogP contribution in [0.2, 0.25) is 0 Å². The molecule has 1 fully saturated rings. The third kappa shape index (κ3) is 2.36. The molecule has 2 amide bonds. The van der Waals surface area contributed by atoms with Gasteiger partial charge in [-0.3, -0.25) is 9.59 Å². The second-order valence-corrected chi connectivity index (χ2v) is 4.10.